The Morgan fingerprint density at radius 1 is 0.547 bits per heavy atom. The largest absolute Gasteiger partial charge is 0.462 e. The van der Waals surface area contributed by atoms with Crippen LogP contribution in [-0.4, -0.2) is 46.9 Å². The molecule has 6 heteroatoms. The summed E-state index contributed by atoms with van der Waals surface area (Å²) in [5, 5.41) is 23.5. The lowest BCUT2D eigenvalue weighted by Gasteiger charge is -2.24. The van der Waals surface area contributed by atoms with Gasteiger partial charge in [0.15, 0.2) is 0 Å². The molecular formula is C47H85NO5. The molecule has 3 N–H and O–H groups in total. The van der Waals surface area contributed by atoms with Crippen molar-refractivity contribution in [1.29, 1.82) is 0 Å². The van der Waals surface area contributed by atoms with Crippen LogP contribution in [-0.2, 0) is 14.3 Å². The second kappa shape index (κ2) is 41.0. The van der Waals surface area contributed by atoms with Gasteiger partial charge in [0.05, 0.1) is 25.2 Å². The predicted molar refractivity (Wildman–Crippen MR) is 227 cm³/mol. The number of aliphatic hydroxyl groups excluding tert-OH is 2. The Morgan fingerprint density at radius 3 is 1.60 bits per heavy atom. The Labute approximate surface area is 327 Å². The van der Waals surface area contributed by atoms with E-state index in [9.17, 15) is 19.8 Å². The molecule has 53 heavy (non-hydrogen) atoms. The topological polar surface area (TPSA) is 95.9 Å². The minimum Gasteiger partial charge on any atom is -0.462 e. The van der Waals surface area contributed by atoms with E-state index in [0.29, 0.717) is 19.3 Å². The second-order valence-electron chi connectivity index (χ2n) is 15.1. The van der Waals surface area contributed by atoms with Gasteiger partial charge >= 0.3 is 5.97 Å². The second-order valence-corrected chi connectivity index (χ2v) is 15.1. The SMILES string of the molecule is CCC/C=C\CCCCCCCC(=O)OC(CCCC/C=C\C/C=C\C/C=C\CCCCC)CC(=O)NC(CO)C(O)CCCCCCCCCCC. The minimum atomic E-state index is -0.796. The third-order valence-electron chi connectivity index (χ3n) is 9.86. The van der Waals surface area contributed by atoms with Crippen LogP contribution in [0.4, 0.5) is 0 Å². The molecule has 3 atom stereocenters. The summed E-state index contributed by atoms with van der Waals surface area (Å²) in [5.74, 6) is -0.527. The molecule has 0 heterocycles. The van der Waals surface area contributed by atoms with Gasteiger partial charge in [-0.1, -0.05) is 166 Å². The van der Waals surface area contributed by atoms with Crippen LogP contribution in [0.25, 0.3) is 0 Å². The van der Waals surface area contributed by atoms with E-state index in [4.69, 9.17) is 4.74 Å². The van der Waals surface area contributed by atoms with Gasteiger partial charge in [0.25, 0.3) is 0 Å². The molecule has 0 rings (SSSR count). The summed E-state index contributed by atoms with van der Waals surface area (Å²) in [6, 6.07) is -0.712. The fourth-order valence-corrected chi connectivity index (χ4v) is 6.44. The zero-order valence-corrected chi connectivity index (χ0v) is 34.9. The van der Waals surface area contributed by atoms with Gasteiger partial charge in [-0.2, -0.15) is 0 Å². The molecule has 0 saturated heterocycles. The Morgan fingerprint density at radius 2 is 1.00 bits per heavy atom. The molecule has 0 fully saturated rings. The predicted octanol–water partition coefficient (Wildman–Crippen LogP) is 12.7. The molecule has 3 unspecified atom stereocenters. The van der Waals surface area contributed by atoms with E-state index < -0.39 is 18.2 Å². The number of aliphatic hydroxyl groups is 2. The fraction of sp³-hybridized carbons (Fsp3) is 0.787. The number of ether oxygens (including phenoxy) is 1. The molecule has 0 aliphatic heterocycles. The minimum absolute atomic E-state index is 0.0478. The van der Waals surface area contributed by atoms with Crippen LogP contribution in [0.1, 0.15) is 213 Å². The molecule has 0 aliphatic carbocycles. The molecule has 6 nitrogen and oxygen atoms in total. The number of allylic oxidation sites excluding steroid dienone is 8. The van der Waals surface area contributed by atoms with E-state index in [2.05, 4.69) is 74.7 Å². The van der Waals surface area contributed by atoms with Crippen molar-refractivity contribution in [2.24, 2.45) is 0 Å². The third-order valence-corrected chi connectivity index (χ3v) is 9.86. The first-order valence-electron chi connectivity index (χ1n) is 22.4. The van der Waals surface area contributed by atoms with Gasteiger partial charge in [0.2, 0.25) is 5.91 Å². The number of unbranched alkanes of at least 4 members (excludes halogenated alkanes) is 19. The summed E-state index contributed by atoms with van der Waals surface area (Å²) in [6.45, 7) is 6.34. The maximum atomic E-state index is 13.1. The summed E-state index contributed by atoms with van der Waals surface area (Å²) in [6.07, 6.45) is 47.4. The third kappa shape index (κ3) is 36.6. The highest BCUT2D eigenvalue weighted by Gasteiger charge is 2.24. The molecule has 0 spiro atoms. The van der Waals surface area contributed by atoms with Gasteiger partial charge < -0.3 is 20.3 Å². The number of nitrogens with one attached hydrogen (secondary N) is 1. The van der Waals surface area contributed by atoms with Gasteiger partial charge in [-0.3, -0.25) is 9.59 Å². The van der Waals surface area contributed by atoms with Gasteiger partial charge in [-0.15, -0.1) is 0 Å². The number of hydrogen-bond acceptors (Lipinski definition) is 5. The molecule has 0 aliphatic rings. The van der Waals surface area contributed by atoms with E-state index in [1.165, 1.54) is 83.5 Å². The highest BCUT2D eigenvalue weighted by Crippen LogP contribution is 2.16. The van der Waals surface area contributed by atoms with Crippen LogP contribution in [0.2, 0.25) is 0 Å². The first-order chi connectivity index (χ1) is 26.0. The first-order valence-corrected chi connectivity index (χ1v) is 22.4. The van der Waals surface area contributed by atoms with Crippen molar-refractivity contribution in [2.75, 3.05) is 6.61 Å². The quantitative estimate of drug-likeness (QED) is 0.0331. The van der Waals surface area contributed by atoms with E-state index in [1.54, 1.807) is 0 Å². The summed E-state index contributed by atoms with van der Waals surface area (Å²) in [4.78, 5) is 25.9. The Hall–Kier alpha value is -2.18. The lowest BCUT2D eigenvalue weighted by molar-refractivity contribution is -0.151. The monoisotopic (exact) mass is 744 g/mol. The average Bonchev–Trinajstić information content (AvgIpc) is 3.15. The summed E-state index contributed by atoms with van der Waals surface area (Å²) < 4.78 is 5.87. The first kappa shape index (κ1) is 50.8. The summed E-state index contributed by atoms with van der Waals surface area (Å²) in [7, 11) is 0. The lowest BCUT2D eigenvalue weighted by atomic mass is 10.0. The van der Waals surface area contributed by atoms with Crippen LogP contribution in [0, 0.1) is 0 Å². The Balaban J connectivity index is 4.70. The zero-order valence-electron chi connectivity index (χ0n) is 34.9. The van der Waals surface area contributed by atoms with E-state index in [1.807, 2.05) is 0 Å². The molecule has 0 saturated carbocycles. The standard InChI is InChI=1S/C47H85NO5/c1-4-7-10-13-16-19-21-22-23-24-25-27-29-32-35-38-43(53-47(52)40-37-34-31-28-20-17-14-11-8-5-2)41-46(51)48-44(42-49)45(50)39-36-33-30-26-18-15-12-9-6-3/h11,14,16,19,22-23,25,27,43-45,49-50H,4-10,12-13,15,17-18,20-21,24,26,28-42H2,1-3H3,(H,48,51)/b14-11-,19-16-,23-22-,27-25-. The van der Waals surface area contributed by atoms with Crippen molar-refractivity contribution in [3.63, 3.8) is 0 Å². The Bertz CT molecular complexity index is 926. The highest BCUT2D eigenvalue weighted by atomic mass is 16.5. The normalized spacial score (nSPS) is 13.8. The van der Waals surface area contributed by atoms with Crippen LogP contribution in [0.3, 0.4) is 0 Å². The van der Waals surface area contributed by atoms with Crippen LogP contribution >= 0.6 is 0 Å². The molecule has 0 aromatic heterocycles. The fourth-order valence-electron chi connectivity index (χ4n) is 6.44. The van der Waals surface area contributed by atoms with Crippen molar-refractivity contribution in [3.05, 3.63) is 48.6 Å². The number of amides is 1. The van der Waals surface area contributed by atoms with Crippen molar-refractivity contribution in [1.82, 2.24) is 5.32 Å². The lowest BCUT2D eigenvalue weighted by Crippen LogP contribution is -2.46. The van der Waals surface area contributed by atoms with Crippen LogP contribution < -0.4 is 5.32 Å². The van der Waals surface area contributed by atoms with Crippen molar-refractivity contribution >= 4 is 11.9 Å². The maximum absolute atomic E-state index is 13.1. The molecule has 1 amide bonds. The maximum Gasteiger partial charge on any atom is 0.306 e. The smallest absolute Gasteiger partial charge is 0.306 e. The molecule has 0 radical (unpaired) electrons. The van der Waals surface area contributed by atoms with Crippen molar-refractivity contribution in [3.8, 4) is 0 Å². The van der Waals surface area contributed by atoms with Crippen molar-refractivity contribution < 1.29 is 24.5 Å². The molecule has 308 valence electrons. The van der Waals surface area contributed by atoms with E-state index in [-0.39, 0.29) is 24.9 Å². The van der Waals surface area contributed by atoms with Gasteiger partial charge in [0, 0.05) is 6.42 Å². The van der Waals surface area contributed by atoms with Crippen molar-refractivity contribution in [2.45, 2.75) is 232 Å². The van der Waals surface area contributed by atoms with Crippen LogP contribution in [0.5, 0.6) is 0 Å². The molecule has 0 bridgehead atoms. The molecular weight excluding hydrogens is 659 g/mol. The van der Waals surface area contributed by atoms with E-state index >= 15 is 0 Å². The average molecular weight is 744 g/mol. The zero-order chi connectivity index (χ0) is 38.9. The Kier molecular flexibility index (Phi) is 39.3. The number of carbonyl (C=O) groups is 2. The number of esters is 1. The summed E-state index contributed by atoms with van der Waals surface area (Å²) >= 11 is 0. The number of hydrogen-bond donors (Lipinski definition) is 3. The van der Waals surface area contributed by atoms with Gasteiger partial charge in [-0.25, -0.2) is 0 Å². The van der Waals surface area contributed by atoms with Crippen LogP contribution in [0.15, 0.2) is 48.6 Å². The highest BCUT2D eigenvalue weighted by molar-refractivity contribution is 5.77. The van der Waals surface area contributed by atoms with E-state index in [0.717, 1.165) is 83.5 Å². The summed E-state index contributed by atoms with van der Waals surface area (Å²) in [5.41, 5.74) is 0. The molecule has 0 aromatic rings. The van der Waals surface area contributed by atoms with Gasteiger partial charge in [0.1, 0.15) is 6.10 Å². The van der Waals surface area contributed by atoms with Gasteiger partial charge in [-0.05, 0) is 83.5 Å². The number of rotatable bonds is 39. The number of carbonyl (C=O) groups excluding carboxylic acids is 2. The molecule has 0 aromatic carbocycles.